The van der Waals surface area contributed by atoms with Crippen molar-refractivity contribution in [2.75, 3.05) is 0 Å². The quantitative estimate of drug-likeness (QED) is 0.546. The van der Waals surface area contributed by atoms with Crippen molar-refractivity contribution in [3.63, 3.8) is 0 Å². The number of carboxylic acids is 1. The van der Waals surface area contributed by atoms with Crippen LogP contribution in [-0.4, -0.2) is 22.3 Å². The smallest absolute Gasteiger partial charge is 0.305 e. The third-order valence-corrected chi connectivity index (χ3v) is 3.34. The topological polar surface area (TPSA) is 57.5 Å². The van der Waals surface area contributed by atoms with E-state index in [9.17, 15) is 9.90 Å². The van der Waals surface area contributed by atoms with E-state index >= 15 is 0 Å². The summed E-state index contributed by atoms with van der Waals surface area (Å²) < 4.78 is 0. The van der Waals surface area contributed by atoms with Crippen molar-refractivity contribution in [3.8, 4) is 0 Å². The number of aliphatic carboxylic acids is 1. The minimum absolute atomic E-state index is 0.117. The molecule has 3 heteroatoms. The summed E-state index contributed by atoms with van der Waals surface area (Å²) in [6.45, 7) is 4.52. The van der Waals surface area contributed by atoms with Gasteiger partial charge in [0.15, 0.2) is 0 Å². The van der Waals surface area contributed by atoms with Crippen LogP contribution >= 0.6 is 0 Å². The number of carbonyl (C=O) groups is 1. The van der Waals surface area contributed by atoms with Crippen LogP contribution in [0.25, 0.3) is 0 Å². The lowest BCUT2D eigenvalue weighted by molar-refractivity contribution is -0.139. The van der Waals surface area contributed by atoms with Crippen LogP contribution in [0.2, 0.25) is 0 Å². The van der Waals surface area contributed by atoms with Gasteiger partial charge < -0.3 is 10.2 Å². The molecule has 3 nitrogen and oxygen atoms in total. The van der Waals surface area contributed by atoms with Crippen LogP contribution in [0, 0.1) is 5.92 Å². The molecule has 0 aromatic heterocycles. The van der Waals surface area contributed by atoms with Gasteiger partial charge in [0.2, 0.25) is 0 Å². The first-order valence-corrected chi connectivity index (χ1v) is 6.96. The average Bonchev–Trinajstić information content (AvgIpc) is 2.26. The lowest BCUT2D eigenvalue weighted by atomic mass is 9.99. The number of unbranched alkanes of at least 4 members (excludes halogenated alkanes) is 4. The van der Waals surface area contributed by atoms with Crippen molar-refractivity contribution in [1.29, 1.82) is 0 Å². The molecule has 102 valence electrons. The van der Waals surface area contributed by atoms with E-state index in [-0.39, 0.29) is 6.42 Å². The van der Waals surface area contributed by atoms with Crippen LogP contribution in [-0.2, 0) is 4.79 Å². The van der Waals surface area contributed by atoms with Gasteiger partial charge in [-0.2, -0.15) is 0 Å². The predicted octanol–water partition coefficient (Wildman–Crippen LogP) is 3.60. The van der Waals surface area contributed by atoms with Gasteiger partial charge in [0.25, 0.3) is 0 Å². The summed E-state index contributed by atoms with van der Waals surface area (Å²) in [6, 6.07) is 0. The molecule has 0 saturated heterocycles. The van der Waals surface area contributed by atoms with Crippen molar-refractivity contribution < 1.29 is 15.0 Å². The average molecular weight is 244 g/mol. The SMILES string of the molecule is CCC(C)CCCCCCCC(O)CC(=O)O. The van der Waals surface area contributed by atoms with E-state index in [4.69, 9.17) is 5.11 Å². The van der Waals surface area contributed by atoms with E-state index in [0.29, 0.717) is 6.42 Å². The fraction of sp³-hybridized carbons (Fsp3) is 0.929. The maximum absolute atomic E-state index is 10.3. The van der Waals surface area contributed by atoms with Gasteiger partial charge in [-0.1, -0.05) is 58.8 Å². The summed E-state index contributed by atoms with van der Waals surface area (Å²) in [7, 11) is 0. The van der Waals surface area contributed by atoms with Crippen LogP contribution in [0.4, 0.5) is 0 Å². The van der Waals surface area contributed by atoms with E-state index in [2.05, 4.69) is 13.8 Å². The van der Waals surface area contributed by atoms with Crippen molar-refractivity contribution in [2.45, 2.75) is 77.7 Å². The number of hydrogen-bond donors (Lipinski definition) is 2. The predicted molar refractivity (Wildman–Crippen MR) is 70.0 cm³/mol. The minimum Gasteiger partial charge on any atom is -0.481 e. The highest BCUT2D eigenvalue weighted by atomic mass is 16.4. The van der Waals surface area contributed by atoms with Gasteiger partial charge in [0, 0.05) is 0 Å². The number of aliphatic hydroxyl groups is 1. The van der Waals surface area contributed by atoms with Crippen molar-refractivity contribution in [3.05, 3.63) is 0 Å². The fourth-order valence-corrected chi connectivity index (χ4v) is 1.91. The second-order valence-electron chi connectivity index (χ2n) is 5.11. The molecule has 2 N–H and O–H groups in total. The minimum atomic E-state index is -0.911. The zero-order valence-electron chi connectivity index (χ0n) is 11.3. The number of hydrogen-bond acceptors (Lipinski definition) is 2. The third-order valence-electron chi connectivity index (χ3n) is 3.34. The molecule has 0 amide bonds. The third kappa shape index (κ3) is 11.7. The van der Waals surface area contributed by atoms with Gasteiger partial charge >= 0.3 is 5.97 Å². The monoisotopic (exact) mass is 244 g/mol. The maximum Gasteiger partial charge on any atom is 0.305 e. The Morgan fingerprint density at radius 2 is 1.59 bits per heavy atom. The zero-order valence-corrected chi connectivity index (χ0v) is 11.3. The van der Waals surface area contributed by atoms with Gasteiger partial charge in [-0.25, -0.2) is 0 Å². The molecule has 0 aromatic carbocycles. The Hall–Kier alpha value is -0.570. The van der Waals surface area contributed by atoms with E-state index < -0.39 is 12.1 Å². The molecule has 0 fully saturated rings. The fourth-order valence-electron chi connectivity index (χ4n) is 1.91. The van der Waals surface area contributed by atoms with Gasteiger partial charge in [-0.3, -0.25) is 4.79 Å². The molecule has 17 heavy (non-hydrogen) atoms. The Morgan fingerprint density at radius 3 is 2.12 bits per heavy atom. The van der Waals surface area contributed by atoms with Crippen LogP contribution in [0.3, 0.4) is 0 Å². The largest absolute Gasteiger partial charge is 0.481 e. The Balaban J connectivity index is 3.21. The molecule has 0 aliphatic carbocycles. The lowest BCUT2D eigenvalue weighted by Crippen LogP contribution is -2.12. The van der Waals surface area contributed by atoms with Gasteiger partial charge in [-0.15, -0.1) is 0 Å². The first-order chi connectivity index (χ1) is 8.06. The summed E-state index contributed by atoms with van der Waals surface area (Å²) in [5, 5.41) is 17.8. The lowest BCUT2D eigenvalue weighted by Gasteiger charge is -2.08. The second-order valence-corrected chi connectivity index (χ2v) is 5.11. The van der Waals surface area contributed by atoms with Crippen molar-refractivity contribution in [2.24, 2.45) is 5.92 Å². The number of rotatable bonds is 11. The maximum atomic E-state index is 10.3. The molecule has 0 aromatic rings. The highest BCUT2D eigenvalue weighted by Crippen LogP contribution is 2.14. The molecule has 2 unspecified atom stereocenters. The van der Waals surface area contributed by atoms with E-state index in [1.165, 1.54) is 32.1 Å². The van der Waals surface area contributed by atoms with Crippen molar-refractivity contribution in [1.82, 2.24) is 0 Å². The van der Waals surface area contributed by atoms with Gasteiger partial charge in [0.05, 0.1) is 12.5 Å². The molecule has 0 spiro atoms. The van der Waals surface area contributed by atoms with Gasteiger partial charge in [0.1, 0.15) is 0 Å². The number of carboxylic acid groups (broad SMARTS) is 1. The number of aliphatic hydroxyl groups excluding tert-OH is 1. The summed E-state index contributed by atoms with van der Waals surface area (Å²) in [5.74, 6) is -0.0709. The van der Waals surface area contributed by atoms with Crippen LogP contribution < -0.4 is 0 Å². The van der Waals surface area contributed by atoms with E-state index in [1.54, 1.807) is 0 Å². The highest BCUT2D eigenvalue weighted by Gasteiger charge is 2.08. The Morgan fingerprint density at radius 1 is 1.06 bits per heavy atom. The second kappa shape index (κ2) is 10.6. The first kappa shape index (κ1) is 16.4. The standard InChI is InChI=1S/C14H28O3/c1-3-12(2)9-7-5-4-6-8-10-13(15)11-14(16)17/h12-13,15H,3-11H2,1-2H3,(H,16,17). The molecule has 0 heterocycles. The Labute approximate surface area is 105 Å². The highest BCUT2D eigenvalue weighted by molar-refractivity contribution is 5.67. The van der Waals surface area contributed by atoms with Crippen LogP contribution in [0.5, 0.6) is 0 Å². The molecule has 0 rings (SSSR count). The molecule has 0 aliphatic heterocycles. The Kier molecular flexibility index (Phi) is 10.2. The van der Waals surface area contributed by atoms with E-state index in [0.717, 1.165) is 18.8 Å². The normalized spacial score (nSPS) is 14.5. The van der Waals surface area contributed by atoms with Crippen LogP contribution in [0.15, 0.2) is 0 Å². The molecule has 0 saturated carbocycles. The molecule has 0 bridgehead atoms. The molecular formula is C14H28O3. The first-order valence-electron chi connectivity index (χ1n) is 6.96. The van der Waals surface area contributed by atoms with Crippen molar-refractivity contribution >= 4 is 5.97 Å². The summed E-state index contributed by atoms with van der Waals surface area (Å²) in [6.07, 6.45) is 8.25. The molecular weight excluding hydrogens is 216 g/mol. The summed E-state index contributed by atoms with van der Waals surface area (Å²) in [5.41, 5.74) is 0. The van der Waals surface area contributed by atoms with Crippen LogP contribution in [0.1, 0.15) is 71.6 Å². The molecule has 0 aliphatic rings. The van der Waals surface area contributed by atoms with E-state index in [1.807, 2.05) is 0 Å². The Bertz CT molecular complexity index is 192. The summed E-state index contributed by atoms with van der Waals surface area (Å²) in [4.78, 5) is 10.3. The zero-order chi connectivity index (χ0) is 13.1. The molecule has 0 radical (unpaired) electrons. The molecule has 2 atom stereocenters. The summed E-state index contributed by atoms with van der Waals surface area (Å²) >= 11 is 0. The van der Waals surface area contributed by atoms with Gasteiger partial charge in [-0.05, 0) is 12.3 Å².